The molecular weight excluding hydrogens is 240 g/mol. The van der Waals surface area contributed by atoms with E-state index in [2.05, 4.69) is 0 Å². The molecule has 1 aromatic carbocycles. The van der Waals surface area contributed by atoms with Crippen molar-refractivity contribution in [3.05, 3.63) is 35.9 Å². The predicted molar refractivity (Wildman–Crippen MR) is 76.7 cm³/mol. The van der Waals surface area contributed by atoms with Crippen molar-refractivity contribution < 1.29 is 9.90 Å². The van der Waals surface area contributed by atoms with Gasteiger partial charge in [0.25, 0.3) is 0 Å². The molecule has 1 amide bonds. The summed E-state index contributed by atoms with van der Waals surface area (Å²) in [6.45, 7) is 5.88. The van der Waals surface area contributed by atoms with Crippen LogP contribution in [0.15, 0.2) is 30.3 Å². The van der Waals surface area contributed by atoms with Crippen LogP contribution in [0, 0.1) is 0 Å². The third-order valence-corrected chi connectivity index (χ3v) is 2.93. The van der Waals surface area contributed by atoms with Gasteiger partial charge in [-0.2, -0.15) is 0 Å². The lowest BCUT2D eigenvalue weighted by atomic mass is 10.2. The molecular formula is C15H24N2O2. The average molecular weight is 264 g/mol. The first-order valence-corrected chi connectivity index (χ1v) is 6.71. The number of aliphatic hydroxyl groups excluding tert-OH is 1. The van der Waals surface area contributed by atoms with E-state index in [1.807, 2.05) is 54.1 Å². The van der Waals surface area contributed by atoms with Crippen LogP contribution in [-0.4, -0.2) is 53.6 Å². The molecule has 4 heteroatoms. The maximum Gasteiger partial charge on any atom is 0.237 e. The molecule has 0 aliphatic rings. The van der Waals surface area contributed by atoms with Gasteiger partial charge in [-0.25, -0.2) is 0 Å². The minimum atomic E-state index is -0.415. The summed E-state index contributed by atoms with van der Waals surface area (Å²) in [4.78, 5) is 15.8. The molecule has 0 fully saturated rings. The maximum absolute atomic E-state index is 12.2. The van der Waals surface area contributed by atoms with Crippen molar-refractivity contribution in [3.63, 3.8) is 0 Å². The Morgan fingerprint density at radius 2 is 1.95 bits per heavy atom. The molecule has 1 atom stereocenters. The molecule has 1 N–H and O–H groups in total. The normalized spacial score (nSPS) is 12.5. The van der Waals surface area contributed by atoms with E-state index < -0.39 is 6.10 Å². The molecule has 0 heterocycles. The van der Waals surface area contributed by atoms with E-state index in [9.17, 15) is 9.90 Å². The molecule has 1 rings (SSSR count). The molecule has 0 spiro atoms. The van der Waals surface area contributed by atoms with Crippen molar-refractivity contribution in [1.82, 2.24) is 9.80 Å². The van der Waals surface area contributed by atoms with Gasteiger partial charge >= 0.3 is 0 Å². The van der Waals surface area contributed by atoms with Crippen LogP contribution in [0.5, 0.6) is 0 Å². The van der Waals surface area contributed by atoms with Crippen LogP contribution in [0.2, 0.25) is 0 Å². The first-order chi connectivity index (χ1) is 9.02. The van der Waals surface area contributed by atoms with Gasteiger partial charge in [-0.05, 0) is 26.5 Å². The Morgan fingerprint density at radius 1 is 1.32 bits per heavy atom. The number of amides is 1. The van der Waals surface area contributed by atoms with E-state index >= 15 is 0 Å². The van der Waals surface area contributed by atoms with Gasteiger partial charge in [-0.15, -0.1) is 0 Å². The number of hydrogen-bond acceptors (Lipinski definition) is 3. The Bertz CT molecular complexity index is 379. The van der Waals surface area contributed by atoms with E-state index in [0.717, 1.165) is 5.56 Å². The average Bonchev–Trinajstić information content (AvgIpc) is 2.35. The number of benzene rings is 1. The summed E-state index contributed by atoms with van der Waals surface area (Å²) in [6.07, 6.45) is -0.415. The number of rotatable bonds is 7. The van der Waals surface area contributed by atoms with Crippen molar-refractivity contribution in [2.45, 2.75) is 26.5 Å². The van der Waals surface area contributed by atoms with Crippen molar-refractivity contribution in [1.29, 1.82) is 0 Å². The fraction of sp³-hybridized carbons (Fsp3) is 0.533. The molecule has 0 aliphatic heterocycles. The highest BCUT2D eigenvalue weighted by atomic mass is 16.3. The number of aliphatic hydroxyl groups is 1. The van der Waals surface area contributed by atoms with E-state index in [1.54, 1.807) is 6.92 Å². The van der Waals surface area contributed by atoms with E-state index in [1.165, 1.54) is 0 Å². The summed E-state index contributed by atoms with van der Waals surface area (Å²) in [7, 11) is 1.85. The number of likely N-dealkylation sites (N-methyl/N-ethyl adjacent to an activating group) is 2. The third-order valence-electron chi connectivity index (χ3n) is 2.93. The summed E-state index contributed by atoms with van der Waals surface area (Å²) in [6, 6.07) is 9.98. The fourth-order valence-corrected chi connectivity index (χ4v) is 2.03. The maximum atomic E-state index is 12.2. The molecule has 0 aromatic heterocycles. The van der Waals surface area contributed by atoms with Gasteiger partial charge in [0.1, 0.15) is 0 Å². The molecule has 0 saturated heterocycles. The van der Waals surface area contributed by atoms with Crippen LogP contribution in [0.1, 0.15) is 19.4 Å². The molecule has 1 aromatic rings. The predicted octanol–water partition coefficient (Wildman–Crippen LogP) is 1.35. The Kier molecular flexibility index (Phi) is 6.53. The number of carbonyl (C=O) groups is 1. The minimum absolute atomic E-state index is 0.0921. The Labute approximate surface area is 115 Å². The highest BCUT2D eigenvalue weighted by molar-refractivity contribution is 5.78. The highest BCUT2D eigenvalue weighted by Crippen LogP contribution is 2.05. The zero-order chi connectivity index (χ0) is 14.3. The molecule has 1 unspecified atom stereocenters. The second-order valence-electron chi connectivity index (χ2n) is 4.94. The lowest BCUT2D eigenvalue weighted by Gasteiger charge is -2.25. The minimum Gasteiger partial charge on any atom is -0.392 e. The van der Waals surface area contributed by atoms with Crippen LogP contribution in [0.4, 0.5) is 0 Å². The van der Waals surface area contributed by atoms with E-state index in [4.69, 9.17) is 0 Å². The number of carbonyl (C=O) groups excluding carboxylic acids is 1. The first-order valence-electron chi connectivity index (χ1n) is 6.71. The van der Waals surface area contributed by atoms with Crippen molar-refractivity contribution in [2.24, 2.45) is 0 Å². The quantitative estimate of drug-likeness (QED) is 0.808. The SMILES string of the molecule is CCN(Cc1ccccc1)C(=O)CN(C)CC(C)O. The second-order valence-corrected chi connectivity index (χ2v) is 4.94. The lowest BCUT2D eigenvalue weighted by Crippen LogP contribution is -2.40. The summed E-state index contributed by atoms with van der Waals surface area (Å²) >= 11 is 0. The van der Waals surface area contributed by atoms with Crippen LogP contribution in [0.25, 0.3) is 0 Å². The smallest absolute Gasteiger partial charge is 0.237 e. The van der Waals surface area contributed by atoms with Gasteiger partial charge in [0.05, 0.1) is 12.6 Å². The van der Waals surface area contributed by atoms with Gasteiger partial charge in [0.2, 0.25) is 5.91 Å². The summed E-state index contributed by atoms with van der Waals surface area (Å²) in [5.41, 5.74) is 1.14. The molecule has 0 radical (unpaired) electrons. The lowest BCUT2D eigenvalue weighted by molar-refractivity contribution is -0.132. The Balaban J connectivity index is 2.52. The summed E-state index contributed by atoms with van der Waals surface area (Å²) < 4.78 is 0. The van der Waals surface area contributed by atoms with Gasteiger partial charge in [0, 0.05) is 19.6 Å². The molecule has 19 heavy (non-hydrogen) atoms. The third kappa shape index (κ3) is 5.85. The fourth-order valence-electron chi connectivity index (χ4n) is 2.03. The second kappa shape index (κ2) is 7.92. The first kappa shape index (κ1) is 15.7. The van der Waals surface area contributed by atoms with Crippen molar-refractivity contribution in [2.75, 3.05) is 26.7 Å². The van der Waals surface area contributed by atoms with Gasteiger partial charge in [-0.1, -0.05) is 30.3 Å². The van der Waals surface area contributed by atoms with E-state index in [0.29, 0.717) is 26.2 Å². The summed E-state index contributed by atoms with van der Waals surface area (Å²) in [5.74, 6) is 0.0921. The van der Waals surface area contributed by atoms with Crippen LogP contribution >= 0.6 is 0 Å². The monoisotopic (exact) mass is 264 g/mol. The molecule has 0 aliphatic carbocycles. The molecule has 0 bridgehead atoms. The Morgan fingerprint density at radius 3 is 2.47 bits per heavy atom. The van der Waals surface area contributed by atoms with Crippen molar-refractivity contribution >= 4 is 5.91 Å². The zero-order valence-corrected chi connectivity index (χ0v) is 12.0. The van der Waals surface area contributed by atoms with Crippen LogP contribution in [0.3, 0.4) is 0 Å². The van der Waals surface area contributed by atoms with Gasteiger partial charge in [0.15, 0.2) is 0 Å². The van der Waals surface area contributed by atoms with Gasteiger partial charge < -0.3 is 10.0 Å². The van der Waals surface area contributed by atoms with Crippen LogP contribution < -0.4 is 0 Å². The van der Waals surface area contributed by atoms with Gasteiger partial charge in [-0.3, -0.25) is 9.69 Å². The summed E-state index contributed by atoms with van der Waals surface area (Å²) in [5, 5.41) is 9.30. The topological polar surface area (TPSA) is 43.8 Å². The standard InChI is InChI=1S/C15H24N2O2/c1-4-17(11-14-8-6-5-7-9-14)15(19)12-16(3)10-13(2)18/h5-9,13,18H,4,10-12H2,1-3H3. The highest BCUT2D eigenvalue weighted by Gasteiger charge is 2.15. The largest absolute Gasteiger partial charge is 0.392 e. The number of hydrogen-bond donors (Lipinski definition) is 1. The zero-order valence-electron chi connectivity index (χ0n) is 12.0. The molecule has 4 nitrogen and oxygen atoms in total. The molecule has 106 valence electrons. The van der Waals surface area contributed by atoms with E-state index in [-0.39, 0.29) is 5.91 Å². The number of nitrogens with zero attached hydrogens (tertiary/aromatic N) is 2. The molecule has 0 saturated carbocycles. The Hall–Kier alpha value is -1.39. The van der Waals surface area contributed by atoms with Crippen molar-refractivity contribution in [3.8, 4) is 0 Å². The van der Waals surface area contributed by atoms with Crippen LogP contribution in [-0.2, 0) is 11.3 Å².